The second-order valence-corrected chi connectivity index (χ2v) is 6.16. The molecule has 0 aromatic carbocycles. The highest BCUT2D eigenvalue weighted by Crippen LogP contribution is 2.38. The van der Waals surface area contributed by atoms with Crippen LogP contribution in [0.2, 0.25) is 0 Å². The van der Waals surface area contributed by atoms with Crippen molar-refractivity contribution in [2.75, 3.05) is 11.5 Å². The topological polar surface area (TPSA) is 17.1 Å². The maximum absolute atomic E-state index is 10.3. The first-order valence-corrected chi connectivity index (χ1v) is 5.87. The average Bonchev–Trinajstić information content (AvgIpc) is 1.88. The molecule has 0 aliphatic heterocycles. The molecule has 1 nitrogen and oxygen atoms in total. The number of hydrogen-bond acceptors (Lipinski definition) is 3. The summed E-state index contributed by atoms with van der Waals surface area (Å²) in [5.41, 5.74) is 0. The highest BCUT2D eigenvalue weighted by atomic mass is 32.2. The van der Waals surface area contributed by atoms with Crippen molar-refractivity contribution in [1.82, 2.24) is 0 Å². The van der Waals surface area contributed by atoms with Crippen LogP contribution in [-0.4, -0.2) is 21.9 Å². The summed E-state index contributed by atoms with van der Waals surface area (Å²) >= 11 is 3.72. The van der Waals surface area contributed by atoms with Gasteiger partial charge in [0.05, 0.1) is 4.08 Å². The van der Waals surface area contributed by atoms with Crippen molar-refractivity contribution in [3.05, 3.63) is 0 Å². The summed E-state index contributed by atoms with van der Waals surface area (Å²) in [5.74, 6) is 2.16. The third-order valence-corrected chi connectivity index (χ3v) is 4.19. The molecule has 0 bridgehead atoms. The summed E-state index contributed by atoms with van der Waals surface area (Å²) in [6.45, 7) is 6.40. The Bertz CT molecular complexity index is 109. The molecule has 0 amide bonds. The Morgan fingerprint density at radius 3 is 2.00 bits per heavy atom. The largest absolute Gasteiger partial charge is 0.303 e. The van der Waals surface area contributed by atoms with Crippen LogP contribution in [0, 0.1) is 0 Å². The highest BCUT2D eigenvalue weighted by Gasteiger charge is 2.22. The summed E-state index contributed by atoms with van der Waals surface area (Å²) in [6.07, 6.45) is 1.68. The Morgan fingerprint density at radius 1 is 1.27 bits per heavy atom. The second-order valence-electron chi connectivity index (χ2n) is 2.37. The molecule has 11 heavy (non-hydrogen) atoms. The van der Waals surface area contributed by atoms with Gasteiger partial charge in [0, 0.05) is 6.42 Å². The minimum atomic E-state index is 0.116. The van der Waals surface area contributed by atoms with Crippen LogP contribution in [0.15, 0.2) is 0 Å². The van der Waals surface area contributed by atoms with E-state index in [1.165, 1.54) is 0 Å². The molecule has 0 atom stereocenters. The van der Waals surface area contributed by atoms with Gasteiger partial charge in [0.25, 0.3) is 0 Å². The van der Waals surface area contributed by atoms with Crippen molar-refractivity contribution in [2.45, 2.75) is 31.3 Å². The lowest BCUT2D eigenvalue weighted by Gasteiger charge is -2.24. The van der Waals surface area contributed by atoms with Gasteiger partial charge >= 0.3 is 0 Å². The van der Waals surface area contributed by atoms with E-state index in [9.17, 15) is 4.79 Å². The van der Waals surface area contributed by atoms with Crippen LogP contribution in [0.25, 0.3) is 0 Å². The quantitative estimate of drug-likeness (QED) is 0.476. The van der Waals surface area contributed by atoms with E-state index in [2.05, 4.69) is 20.8 Å². The Hall–Kier alpha value is 0.370. The highest BCUT2D eigenvalue weighted by molar-refractivity contribution is 8.18. The van der Waals surface area contributed by atoms with Gasteiger partial charge in [-0.05, 0) is 18.4 Å². The molecule has 0 N–H and O–H groups in total. The van der Waals surface area contributed by atoms with Crippen LogP contribution in [0.5, 0.6) is 0 Å². The number of thioether (sulfide) groups is 2. The minimum absolute atomic E-state index is 0.116. The molecule has 0 saturated heterocycles. The number of aldehydes is 1. The van der Waals surface area contributed by atoms with Crippen molar-refractivity contribution >= 4 is 29.8 Å². The van der Waals surface area contributed by atoms with Crippen LogP contribution in [0.4, 0.5) is 0 Å². The number of carbonyl (C=O) groups is 1. The molecule has 0 rings (SSSR count). The van der Waals surface area contributed by atoms with Crippen molar-refractivity contribution in [2.24, 2.45) is 0 Å². The molecule has 0 aromatic heterocycles. The molecule has 0 aromatic rings. The van der Waals surface area contributed by atoms with Crippen molar-refractivity contribution in [3.63, 3.8) is 0 Å². The lowest BCUT2D eigenvalue weighted by molar-refractivity contribution is -0.107. The predicted octanol–water partition coefficient (Wildman–Crippen LogP) is 2.80. The second kappa shape index (κ2) is 5.95. The van der Waals surface area contributed by atoms with Crippen molar-refractivity contribution < 1.29 is 4.79 Å². The lowest BCUT2D eigenvalue weighted by atomic mass is 10.3. The molecule has 0 spiro atoms. The fourth-order valence-electron chi connectivity index (χ4n) is 0.922. The standard InChI is InChI=1S/C8H16OS2/c1-4-10-8(3,6-7-9)11-5-2/h7H,4-6H2,1-3H3. The van der Waals surface area contributed by atoms with E-state index in [0.29, 0.717) is 6.42 Å². The third kappa shape index (κ3) is 4.75. The first-order valence-electron chi connectivity index (χ1n) is 3.90. The third-order valence-electron chi connectivity index (χ3n) is 1.35. The summed E-state index contributed by atoms with van der Waals surface area (Å²) < 4.78 is 0.116. The molecule has 0 aliphatic carbocycles. The SMILES string of the molecule is CCSC(C)(CC=O)SCC. The number of carbonyl (C=O) groups excluding carboxylic acids is 1. The van der Waals surface area contributed by atoms with Gasteiger partial charge in [-0.1, -0.05) is 13.8 Å². The summed E-state index contributed by atoms with van der Waals surface area (Å²) in [5, 5.41) is 0. The molecular weight excluding hydrogens is 176 g/mol. The first-order chi connectivity index (χ1) is 5.18. The van der Waals surface area contributed by atoms with Gasteiger partial charge in [-0.2, -0.15) is 0 Å². The molecule has 0 unspecified atom stereocenters. The molecule has 0 heterocycles. The van der Waals surface area contributed by atoms with Crippen LogP contribution in [-0.2, 0) is 4.79 Å². The summed E-state index contributed by atoms with van der Waals surface area (Å²) in [6, 6.07) is 0. The van der Waals surface area contributed by atoms with Gasteiger partial charge in [-0.3, -0.25) is 0 Å². The van der Waals surface area contributed by atoms with E-state index in [4.69, 9.17) is 0 Å². The van der Waals surface area contributed by atoms with Crippen LogP contribution in [0.3, 0.4) is 0 Å². The van der Waals surface area contributed by atoms with Gasteiger partial charge < -0.3 is 4.79 Å². The molecule has 0 saturated carbocycles. The molecule has 0 radical (unpaired) electrons. The summed E-state index contributed by atoms with van der Waals surface area (Å²) in [7, 11) is 0. The van der Waals surface area contributed by atoms with Crippen LogP contribution >= 0.6 is 23.5 Å². The van der Waals surface area contributed by atoms with E-state index < -0.39 is 0 Å². The monoisotopic (exact) mass is 192 g/mol. The number of rotatable bonds is 6. The predicted molar refractivity (Wildman–Crippen MR) is 55.4 cm³/mol. The summed E-state index contributed by atoms with van der Waals surface area (Å²) in [4.78, 5) is 10.3. The van der Waals surface area contributed by atoms with Crippen molar-refractivity contribution in [3.8, 4) is 0 Å². The average molecular weight is 192 g/mol. The van der Waals surface area contributed by atoms with E-state index in [1.807, 2.05) is 23.5 Å². The lowest BCUT2D eigenvalue weighted by Crippen LogP contribution is -2.16. The Kier molecular flexibility index (Phi) is 6.15. The zero-order chi connectivity index (χ0) is 8.74. The van der Waals surface area contributed by atoms with E-state index in [-0.39, 0.29) is 4.08 Å². The fraction of sp³-hybridized carbons (Fsp3) is 0.875. The zero-order valence-corrected chi connectivity index (χ0v) is 9.06. The molecular formula is C8H16OS2. The maximum Gasteiger partial charge on any atom is 0.122 e. The molecule has 66 valence electrons. The van der Waals surface area contributed by atoms with Gasteiger partial charge in [-0.25, -0.2) is 0 Å². The van der Waals surface area contributed by atoms with Crippen molar-refractivity contribution in [1.29, 1.82) is 0 Å². The van der Waals surface area contributed by atoms with Gasteiger partial charge in [0.2, 0.25) is 0 Å². The maximum atomic E-state index is 10.3. The van der Waals surface area contributed by atoms with Gasteiger partial charge in [0.1, 0.15) is 6.29 Å². The Morgan fingerprint density at radius 2 is 1.73 bits per heavy atom. The molecule has 3 heteroatoms. The Labute approximate surface area is 77.7 Å². The normalized spacial score (nSPS) is 11.5. The van der Waals surface area contributed by atoms with E-state index >= 15 is 0 Å². The smallest absolute Gasteiger partial charge is 0.122 e. The van der Waals surface area contributed by atoms with E-state index in [1.54, 1.807) is 0 Å². The van der Waals surface area contributed by atoms with Gasteiger partial charge in [-0.15, -0.1) is 23.5 Å². The van der Waals surface area contributed by atoms with E-state index in [0.717, 1.165) is 17.8 Å². The minimum Gasteiger partial charge on any atom is -0.303 e. The molecule has 0 fully saturated rings. The van der Waals surface area contributed by atoms with Gasteiger partial charge in [0.15, 0.2) is 0 Å². The number of hydrogen-bond donors (Lipinski definition) is 0. The Balaban J connectivity index is 3.88. The van der Waals surface area contributed by atoms with Crippen LogP contribution < -0.4 is 0 Å². The fourth-order valence-corrected chi connectivity index (χ4v) is 3.56. The molecule has 0 aliphatic rings. The van der Waals surface area contributed by atoms with Crippen LogP contribution in [0.1, 0.15) is 27.2 Å². The zero-order valence-electron chi connectivity index (χ0n) is 7.42. The first kappa shape index (κ1) is 11.4.